The molecule has 2 aromatic heterocycles. The Labute approximate surface area is 206 Å². The first-order chi connectivity index (χ1) is 17.2. The van der Waals surface area contributed by atoms with Crippen LogP contribution in [0.4, 0.5) is 15.2 Å². The Morgan fingerprint density at radius 2 is 1.86 bits per heavy atom. The number of aromatic nitrogens is 4. The molecule has 35 heavy (non-hydrogen) atoms. The molecule has 4 aromatic rings. The molecule has 0 radical (unpaired) electrons. The standard InChI is InChI=1S/C25H25FN6O2S/c26-20-6-8-22(9-7-20)32(11-10-21-18-35-25(27-21)30-12-14-34-15-13-30)24(33)23-17-31(29-28-23)16-19-4-2-1-3-5-19/h1-9,17-18H,10-16H2. The summed E-state index contributed by atoms with van der Waals surface area (Å²) in [5, 5.41) is 11.2. The molecule has 2 aromatic carbocycles. The second-order valence-electron chi connectivity index (χ2n) is 8.19. The maximum Gasteiger partial charge on any atom is 0.280 e. The molecule has 1 saturated heterocycles. The van der Waals surface area contributed by atoms with Crippen LogP contribution in [0.25, 0.3) is 0 Å². The first kappa shape index (κ1) is 23.1. The van der Waals surface area contributed by atoms with E-state index in [1.807, 2.05) is 35.7 Å². The molecule has 1 aliphatic rings. The maximum atomic E-state index is 13.6. The smallest absolute Gasteiger partial charge is 0.280 e. The Morgan fingerprint density at radius 3 is 2.63 bits per heavy atom. The number of ether oxygens (including phenoxy) is 1. The third kappa shape index (κ3) is 5.72. The van der Waals surface area contributed by atoms with Gasteiger partial charge in [0.2, 0.25) is 0 Å². The number of benzene rings is 2. The summed E-state index contributed by atoms with van der Waals surface area (Å²) in [7, 11) is 0. The van der Waals surface area contributed by atoms with Gasteiger partial charge in [-0.3, -0.25) is 4.79 Å². The number of hydrogen-bond donors (Lipinski definition) is 0. The van der Waals surface area contributed by atoms with Gasteiger partial charge in [0.1, 0.15) is 5.82 Å². The molecule has 3 heterocycles. The van der Waals surface area contributed by atoms with Gasteiger partial charge < -0.3 is 14.5 Å². The molecule has 0 saturated carbocycles. The fraction of sp³-hybridized carbons (Fsp3) is 0.280. The summed E-state index contributed by atoms with van der Waals surface area (Å²) >= 11 is 1.60. The van der Waals surface area contributed by atoms with E-state index in [1.165, 1.54) is 12.1 Å². The number of hydrogen-bond acceptors (Lipinski definition) is 7. The van der Waals surface area contributed by atoms with Crippen molar-refractivity contribution in [3.05, 3.63) is 88.9 Å². The van der Waals surface area contributed by atoms with Gasteiger partial charge in [-0.2, -0.15) is 0 Å². The minimum Gasteiger partial charge on any atom is -0.378 e. The SMILES string of the molecule is O=C(c1cn(Cc2ccccc2)nn1)N(CCc1csc(N2CCOCC2)n1)c1ccc(F)cc1. The Balaban J connectivity index is 1.31. The minimum atomic E-state index is -0.357. The predicted octanol–water partition coefficient (Wildman–Crippen LogP) is 3.65. The van der Waals surface area contributed by atoms with Crippen LogP contribution >= 0.6 is 11.3 Å². The number of carbonyl (C=O) groups excluding carboxylic acids is 1. The van der Waals surface area contributed by atoms with Gasteiger partial charge in [-0.05, 0) is 29.8 Å². The normalized spacial score (nSPS) is 13.7. The van der Waals surface area contributed by atoms with Gasteiger partial charge in [0.15, 0.2) is 10.8 Å². The number of rotatable bonds is 8. The van der Waals surface area contributed by atoms with Crippen molar-refractivity contribution >= 4 is 28.1 Å². The highest BCUT2D eigenvalue weighted by Gasteiger charge is 2.22. The summed E-state index contributed by atoms with van der Waals surface area (Å²) in [6.45, 7) is 3.94. The number of carbonyl (C=O) groups is 1. The highest BCUT2D eigenvalue weighted by molar-refractivity contribution is 7.13. The minimum absolute atomic E-state index is 0.234. The largest absolute Gasteiger partial charge is 0.378 e. The molecule has 0 spiro atoms. The highest BCUT2D eigenvalue weighted by Crippen LogP contribution is 2.23. The van der Waals surface area contributed by atoms with Crippen molar-refractivity contribution in [2.45, 2.75) is 13.0 Å². The van der Waals surface area contributed by atoms with Crippen molar-refractivity contribution in [2.75, 3.05) is 42.6 Å². The Bertz CT molecular complexity index is 1250. The molecule has 5 rings (SSSR count). The fourth-order valence-corrected chi connectivity index (χ4v) is 4.80. The predicted molar refractivity (Wildman–Crippen MR) is 132 cm³/mol. The van der Waals surface area contributed by atoms with E-state index in [2.05, 4.69) is 15.2 Å². The molecule has 1 aliphatic heterocycles. The summed E-state index contributed by atoms with van der Waals surface area (Å²) in [6.07, 6.45) is 2.20. The highest BCUT2D eigenvalue weighted by atomic mass is 32.1. The maximum absolute atomic E-state index is 13.6. The van der Waals surface area contributed by atoms with Gasteiger partial charge in [-0.15, -0.1) is 16.4 Å². The van der Waals surface area contributed by atoms with E-state index < -0.39 is 0 Å². The number of thiazole rings is 1. The number of anilines is 2. The molecule has 0 bridgehead atoms. The van der Waals surface area contributed by atoms with Crippen LogP contribution in [0.15, 0.2) is 66.2 Å². The monoisotopic (exact) mass is 492 g/mol. The lowest BCUT2D eigenvalue weighted by atomic mass is 10.2. The lowest BCUT2D eigenvalue weighted by molar-refractivity contribution is 0.0982. The summed E-state index contributed by atoms with van der Waals surface area (Å²) in [5.41, 5.74) is 2.80. The molecule has 180 valence electrons. The molecular formula is C25H25FN6O2S. The van der Waals surface area contributed by atoms with Gasteiger partial charge in [-0.25, -0.2) is 14.1 Å². The van der Waals surface area contributed by atoms with Crippen LogP contribution in [-0.4, -0.2) is 58.7 Å². The molecule has 0 unspecified atom stereocenters. The van der Waals surface area contributed by atoms with Crippen LogP contribution in [0.5, 0.6) is 0 Å². The van der Waals surface area contributed by atoms with Crippen molar-refractivity contribution in [1.29, 1.82) is 0 Å². The molecule has 0 N–H and O–H groups in total. The van der Waals surface area contributed by atoms with E-state index in [0.717, 1.165) is 29.5 Å². The van der Waals surface area contributed by atoms with E-state index in [1.54, 1.807) is 39.2 Å². The van der Waals surface area contributed by atoms with Crippen LogP contribution in [0.1, 0.15) is 21.7 Å². The van der Waals surface area contributed by atoms with Crippen LogP contribution in [0.3, 0.4) is 0 Å². The number of nitrogens with zero attached hydrogens (tertiary/aromatic N) is 6. The topological polar surface area (TPSA) is 76.4 Å². The molecule has 0 atom stereocenters. The molecule has 1 amide bonds. The summed E-state index contributed by atoms with van der Waals surface area (Å²) in [6, 6.07) is 15.7. The van der Waals surface area contributed by atoms with Gasteiger partial charge in [0.25, 0.3) is 5.91 Å². The van der Waals surface area contributed by atoms with E-state index >= 15 is 0 Å². The van der Waals surface area contributed by atoms with Gasteiger partial charge in [-0.1, -0.05) is 35.5 Å². The van der Waals surface area contributed by atoms with Crippen molar-refractivity contribution in [2.24, 2.45) is 0 Å². The summed E-state index contributed by atoms with van der Waals surface area (Å²) in [4.78, 5) is 22.0. The second kappa shape index (κ2) is 10.7. The third-order valence-electron chi connectivity index (χ3n) is 5.74. The third-order valence-corrected chi connectivity index (χ3v) is 6.69. The average Bonchev–Trinajstić information content (AvgIpc) is 3.56. The van der Waals surface area contributed by atoms with E-state index in [0.29, 0.717) is 38.4 Å². The first-order valence-electron chi connectivity index (χ1n) is 11.4. The fourth-order valence-electron chi connectivity index (χ4n) is 3.89. The zero-order valence-corrected chi connectivity index (χ0v) is 19.9. The lowest BCUT2D eigenvalue weighted by Crippen LogP contribution is -2.36. The van der Waals surface area contributed by atoms with Gasteiger partial charge >= 0.3 is 0 Å². The van der Waals surface area contributed by atoms with E-state index in [-0.39, 0.29) is 17.4 Å². The zero-order chi connectivity index (χ0) is 24.0. The number of halogens is 1. The van der Waals surface area contributed by atoms with Crippen molar-refractivity contribution in [1.82, 2.24) is 20.0 Å². The zero-order valence-electron chi connectivity index (χ0n) is 19.1. The lowest BCUT2D eigenvalue weighted by Gasteiger charge is -2.26. The number of amides is 1. The number of morpholine rings is 1. The van der Waals surface area contributed by atoms with Crippen LogP contribution in [0, 0.1) is 5.82 Å². The van der Waals surface area contributed by atoms with Crippen molar-refractivity contribution in [3.8, 4) is 0 Å². The van der Waals surface area contributed by atoms with E-state index in [4.69, 9.17) is 9.72 Å². The average molecular weight is 493 g/mol. The Morgan fingerprint density at radius 1 is 1.09 bits per heavy atom. The van der Waals surface area contributed by atoms with Gasteiger partial charge in [0, 0.05) is 37.1 Å². The Kier molecular flexibility index (Phi) is 7.10. The van der Waals surface area contributed by atoms with Crippen molar-refractivity contribution < 1.29 is 13.9 Å². The summed E-state index contributed by atoms with van der Waals surface area (Å²) in [5.74, 6) is -0.649. The van der Waals surface area contributed by atoms with E-state index in [9.17, 15) is 9.18 Å². The Hall–Kier alpha value is -3.63. The molecule has 1 fully saturated rings. The van der Waals surface area contributed by atoms with Crippen LogP contribution < -0.4 is 9.80 Å². The van der Waals surface area contributed by atoms with Crippen LogP contribution in [0.2, 0.25) is 0 Å². The quantitative estimate of drug-likeness (QED) is 0.374. The van der Waals surface area contributed by atoms with Crippen molar-refractivity contribution in [3.63, 3.8) is 0 Å². The first-order valence-corrected chi connectivity index (χ1v) is 12.3. The molecule has 10 heteroatoms. The molecule has 0 aliphatic carbocycles. The van der Waals surface area contributed by atoms with Crippen LogP contribution in [-0.2, 0) is 17.7 Å². The molecular weight excluding hydrogens is 467 g/mol. The summed E-state index contributed by atoms with van der Waals surface area (Å²) < 4.78 is 20.6. The van der Waals surface area contributed by atoms with Gasteiger partial charge in [0.05, 0.1) is 31.6 Å². The molecule has 8 nitrogen and oxygen atoms in total. The second-order valence-corrected chi connectivity index (χ2v) is 9.03.